The first-order valence-corrected chi connectivity index (χ1v) is 11.7. The number of methoxy groups -OCH3 is 1. The van der Waals surface area contributed by atoms with Crippen molar-refractivity contribution in [3.05, 3.63) is 58.1 Å². The minimum absolute atomic E-state index is 0.0244. The van der Waals surface area contributed by atoms with Gasteiger partial charge in [0.15, 0.2) is 9.84 Å². The maximum atomic E-state index is 12.9. The molecule has 3 rings (SSSR count). The number of rotatable bonds is 6. The number of carbonyl (C=O) groups excluding carboxylic acids is 1. The standard InChI is InChI=1S/C21H23Cl2NO4S/c1-28-16-4-6-17(7-5-16)29(26,27)18-10-12-24(13-11-18)21(25)9-3-15-2-8-19(22)20(23)14-15/h2,4-8,14,18H,3,9-13H2,1H3. The molecule has 1 heterocycles. The van der Waals surface area contributed by atoms with Crippen LogP contribution >= 0.6 is 23.2 Å². The fourth-order valence-electron chi connectivity index (χ4n) is 3.48. The Hall–Kier alpha value is -1.76. The van der Waals surface area contributed by atoms with Crippen LogP contribution in [-0.2, 0) is 21.1 Å². The van der Waals surface area contributed by atoms with Crippen molar-refractivity contribution < 1.29 is 17.9 Å². The molecule has 0 bridgehead atoms. The number of sulfone groups is 1. The molecule has 2 aromatic carbocycles. The number of nitrogens with zero attached hydrogens (tertiary/aromatic N) is 1. The van der Waals surface area contributed by atoms with Gasteiger partial charge in [-0.2, -0.15) is 0 Å². The van der Waals surface area contributed by atoms with E-state index in [4.69, 9.17) is 27.9 Å². The summed E-state index contributed by atoms with van der Waals surface area (Å²) in [4.78, 5) is 14.6. The molecule has 29 heavy (non-hydrogen) atoms. The van der Waals surface area contributed by atoms with Crippen molar-refractivity contribution in [1.29, 1.82) is 0 Å². The van der Waals surface area contributed by atoms with E-state index >= 15 is 0 Å². The number of piperidine rings is 1. The van der Waals surface area contributed by atoms with Gasteiger partial charge in [-0.1, -0.05) is 29.3 Å². The van der Waals surface area contributed by atoms with Gasteiger partial charge < -0.3 is 9.64 Å². The minimum Gasteiger partial charge on any atom is -0.497 e. The molecule has 0 spiro atoms. The lowest BCUT2D eigenvalue weighted by Crippen LogP contribution is -2.42. The van der Waals surface area contributed by atoms with Crippen LogP contribution in [0.1, 0.15) is 24.8 Å². The highest BCUT2D eigenvalue weighted by atomic mass is 35.5. The largest absolute Gasteiger partial charge is 0.497 e. The van der Waals surface area contributed by atoms with Gasteiger partial charge in [0.25, 0.3) is 0 Å². The summed E-state index contributed by atoms with van der Waals surface area (Å²) in [6, 6.07) is 11.8. The number of amides is 1. The second-order valence-corrected chi connectivity index (χ2v) is 10.1. The van der Waals surface area contributed by atoms with Gasteiger partial charge in [0.2, 0.25) is 5.91 Å². The van der Waals surface area contributed by atoms with Gasteiger partial charge in [-0.3, -0.25) is 4.79 Å². The normalized spacial score (nSPS) is 15.3. The summed E-state index contributed by atoms with van der Waals surface area (Å²) in [6.45, 7) is 0.889. The Morgan fingerprint density at radius 1 is 1.07 bits per heavy atom. The van der Waals surface area contributed by atoms with Gasteiger partial charge in [0, 0.05) is 19.5 Å². The summed E-state index contributed by atoms with van der Waals surface area (Å²) >= 11 is 11.9. The first-order valence-electron chi connectivity index (χ1n) is 9.41. The quantitative estimate of drug-likeness (QED) is 0.647. The zero-order valence-electron chi connectivity index (χ0n) is 16.1. The summed E-state index contributed by atoms with van der Waals surface area (Å²) in [7, 11) is -1.88. The highest BCUT2D eigenvalue weighted by Crippen LogP contribution is 2.27. The van der Waals surface area contributed by atoms with Gasteiger partial charge in [0.05, 0.1) is 27.3 Å². The Balaban J connectivity index is 1.54. The fraction of sp³-hybridized carbons (Fsp3) is 0.381. The number of halogens is 2. The van der Waals surface area contributed by atoms with Crippen molar-refractivity contribution in [1.82, 2.24) is 4.90 Å². The molecular formula is C21H23Cl2NO4S. The monoisotopic (exact) mass is 455 g/mol. The molecule has 0 N–H and O–H groups in total. The van der Waals surface area contributed by atoms with E-state index in [2.05, 4.69) is 0 Å². The lowest BCUT2D eigenvalue weighted by Gasteiger charge is -2.32. The first-order chi connectivity index (χ1) is 13.8. The third-order valence-corrected chi connectivity index (χ3v) is 8.25. The third-order valence-electron chi connectivity index (χ3n) is 5.23. The smallest absolute Gasteiger partial charge is 0.222 e. The van der Waals surface area contributed by atoms with Gasteiger partial charge in [-0.05, 0) is 61.2 Å². The van der Waals surface area contributed by atoms with Gasteiger partial charge in [-0.15, -0.1) is 0 Å². The SMILES string of the molecule is COc1ccc(S(=O)(=O)C2CCN(C(=O)CCc3ccc(Cl)c(Cl)c3)CC2)cc1. The van der Waals surface area contributed by atoms with Crippen LogP contribution in [0.25, 0.3) is 0 Å². The average molecular weight is 456 g/mol. The van der Waals surface area contributed by atoms with Crippen molar-refractivity contribution in [3.8, 4) is 5.75 Å². The Kier molecular flexibility index (Phi) is 7.09. The molecule has 0 atom stereocenters. The summed E-state index contributed by atoms with van der Waals surface area (Å²) in [5.41, 5.74) is 0.949. The highest BCUT2D eigenvalue weighted by Gasteiger charge is 2.32. The summed E-state index contributed by atoms with van der Waals surface area (Å²) in [5.74, 6) is 0.641. The number of hydrogen-bond donors (Lipinski definition) is 0. The molecule has 0 unspecified atom stereocenters. The van der Waals surface area contributed by atoms with Crippen molar-refractivity contribution in [2.45, 2.75) is 35.8 Å². The zero-order chi connectivity index (χ0) is 21.0. The molecule has 1 amide bonds. The van der Waals surface area contributed by atoms with Gasteiger partial charge in [-0.25, -0.2) is 8.42 Å². The van der Waals surface area contributed by atoms with E-state index in [9.17, 15) is 13.2 Å². The molecule has 5 nitrogen and oxygen atoms in total. The molecule has 0 radical (unpaired) electrons. The number of aryl methyl sites for hydroxylation is 1. The highest BCUT2D eigenvalue weighted by molar-refractivity contribution is 7.92. The van der Waals surface area contributed by atoms with E-state index < -0.39 is 15.1 Å². The van der Waals surface area contributed by atoms with E-state index in [0.717, 1.165) is 5.56 Å². The van der Waals surface area contributed by atoms with Crippen LogP contribution in [0.15, 0.2) is 47.4 Å². The summed E-state index contributed by atoms with van der Waals surface area (Å²) in [6.07, 6.45) is 1.80. The Bertz CT molecular complexity index is 969. The van der Waals surface area contributed by atoms with Gasteiger partial charge in [0.1, 0.15) is 5.75 Å². The second kappa shape index (κ2) is 9.37. The van der Waals surface area contributed by atoms with E-state index in [1.165, 1.54) is 7.11 Å². The van der Waals surface area contributed by atoms with Crippen LogP contribution in [0.4, 0.5) is 0 Å². The predicted octanol–water partition coefficient (Wildman–Crippen LogP) is 4.40. The van der Waals surface area contributed by atoms with Crippen LogP contribution < -0.4 is 4.74 Å². The van der Waals surface area contributed by atoms with Crippen LogP contribution in [0.3, 0.4) is 0 Å². The lowest BCUT2D eigenvalue weighted by molar-refractivity contribution is -0.132. The third kappa shape index (κ3) is 5.24. The number of carbonyl (C=O) groups is 1. The van der Waals surface area contributed by atoms with Crippen molar-refractivity contribution in [2.24, 2.45) is 0 Å². The maximum Gasteiger partial charge on any atom is 0.222 e. The number of hydrogen-bond acceptors (Lipinski definition) is 4. The second-order valence-electron chi connectivity index (χ2n) is 7.05. The van der Waals surface area contributed by atoms with Crippen LogP contribution in [0.5, 0.6) is 5.75 Å². The van der Waals surface area contributed by atoms with Crippen LogP contribution in [0.2, 0.25) is 10.0 Å². The molecule has 156 valence electrons. The lowest BCUT2D eigenvalue weighted by atomic mass is 10.1. The minimum atomic E-state index is -3.42. The summed E-state index contributed by atoms with van der Waals surface area (Å²) in [5, 5.41) is 0.484. The number of likely N-dealkylation sites (tertiary alicyclic amines) is 1. The first kappa shape index (κ1) is 21.9. The van der Waals surface area contributed by atoms with Crippen LogP contribution in [0, 0.1) is 0 Å². The van der Waals surface area contributed by atoms with E-state index in [1.54, 1.807) is 41.3 Å². The van der Waals surface area contributed by atoms with Gasteiger partial charge >= 0.3 is 0 Å². The Labute approximate surface area is 181 Å². The van der Waals surface area contributed by atoms with E-state index in [-0.39, 0.29) is 5.91 Å². The molecular weight excluding hydrogens is 433 g/mol. The number of ether oxygens (including phenoxy) is 1. The topological polar surface area (TPSA) is 63.7 Å². The van der Waals surface area contributed by atoms with Crippen molar-refractivity contribution in [3.63, 3.8) is 0 Å². The molecule has 1 aliphatic heterocycles. The fourth-order valence-corrected chi connectivity index (χ4v) is 5.53. The molecule has 0 aliphatic carbocycles. The van der Waals surface area contributed by atoms with E-state index in [0.29, 0.717) is 59.5 Å². The maximum absolute atomic E-state index is 12.9. The summed E-state index contributed by atoms with van der Waals surface area (Å²) < 4.78 is 30.8. The van der Waals surface area contributed by atoms with E-state index in [1.807, 2.05) is 6.07 Å². The average Bonchev–Trinajstić information content (AvgIpc) is 2.74. The molecule has 1 fully saturated rings. The Morgan fingerprint density at radius 3 is 2.31 bits per heavy atom. The molecule has 0 saturated carbocycles. The predicted molar refractivity (Wildman–Crippen MR) is 115 cm³/mol. The molecule has 1 saturated heterocycles. The zero-order valence-corrected chi connectivity index (χ0v) is 18.4. The van der Waals surface area contributed by atoms with Crippen LogP contribution in [-0.4, -0.2) is 44.7 Å². The molecule has 8 heteroatoms. The molecule has 0 aromatic heterocycles. The van der Waals surface area contributed by atoms with Crippen molar-refractivity contribution >= 4 is 38.9 Å². The Morgan fingerprint density at radius 2 is 1.72 bits per heavy atom. The molecule has 1 aliphatic rings. The number of benzene rings is 2. The van der Waals surface area contributed by atoms with Crippen molar-refractivity contribution in [2.75, 3.05) is 20.2 Å². The molecule has 2 aromatic rings.